The molecule has 8 heteroatoms. The predicted octanol–water partition coefficient (Wildman–Crippen LogP) is -0.395. The Morgan fingerprint density at radius 2 is 2.24 bits per heavy atom. The maximum absolute atomic E-state index is 11.3. The van der Waals surface area contributed by atoms with Crippen molar-refractivity contribution in [3.05, 3.63) is 18.2 Å². The number of aromatic carboxylic acids is 1. The Labute approximate surface area is 96.2 Å². The number of esters is 1. The number of carbonyl (C=O) groups is 3. The van der Waals surface area contributed by atoms with Crippen LogP contribution in [0.15, 0.2) is 12.5 Å². The molecule has 17 heavy (non-hydrogen) atoms. The molecule has 1 amide bonds. The molecular weight excluding hydrogens is 230 g/mol. The van der Waals surface area contributed by atoms with Crippen LogP contribution in [0, 0.1) is 0 Å². The zero-order valence-electron chi connectivity index (χ0n) is 9.04. The fourth-order valence-corrected chi connectivity index (χ4v) is 1.06. The summed E-state index contributed by atoms with van der Waals surface area (Å²) in [6, 6.07) is 0. The Kier molecular flexibility index (Phi) is 4.21. The molecule has 0 atom stereocenters. The Balaban J connectivity index is 2.59. The molecular formula is C9H11N3O5. The van der Waals surface area contributed by atoms with E-state index < -0.39 is 24.3 Å². The quantitative estimate of drug-likeness (QED) is 0.536. The number of hydrogen-bond donors (Lipinski definition) is 2. The third-order valence-corrected chi connectivity index (χ3v) is 1.71. The van der Waals surface area contributed by atoms with Gasteiger partial charge in [0.25, 0.3) is 0 Å². The number of hydrogen-bond acceptors (Lipinski definition) is 5. The highest BCUT2D eigenvalue weighted by molar-refractivity contribution is 5.98. The van der Waals surface area contributed by atoms with Crippen LogP contribution < -0.4 is 5.43 Å². The van der Waals surface area contributed by atoms with Crippen LogP contribution in [0.1, 0.15) is 23.8 Å². The number of nitrogens with zero attached hydrogens (tertiary/aromatic N) is 2. The van der Waals surface area contributed by atoms with Crippen LogP contribution in [0.4, 0.5) is 0 Å². The molecule has 8 nitrogen and oxygen atoms in total. The minimum atomic E-state index is -1.24. The molecule has 0 fully saturated rings. The van der Waals surface area contributed by atoms with Crippen molar-refractivity contribution in [2.45, 2.75) is 13.3 Å². The molecule has 1 rings (SSSR count). The summed E-state index contributed by atoms with van der Waals surface area (Å²) in [5.41, 5.74) is 1.99. The SMILES string of the molecule is CCOC(=O)CC(=O)Nn1cncc1C(=O)O. The molecule has 0 aliphatic carbocycles. The highest BCUT2D eigenvalue weighted by atomic mass is 16.5. The fraction of sp³-hybridized carbons (Fsp3) is 0.333. The van der Waals surface area contributed by atoms with Gasteiger partial charge in [-0.2, -0.15) is 0 Å². The summed E-state index contributed by atoms with van der Waals surface area (Å²) in [7, 11) is 0. The van der Waals surface area contributed by atoms with E-state index in [0.717, 1.165) is 17.2 Å². The second-order valence-corrected chi connectivity index (χ2v) is 2.97. The Hall–Kier alpha value is -2.38. The summed E-state index contributed by atoms with van der Waals surface area (Å²) < 4.78 is 5.49. The summed E-state index contributed by atoms with van der Waals surface area (Å²) in [5.74, 6) is -2.59. The zero-order chi connectivity index (χ0) is 12.8. The summed E-state index contributed by atoms with van der Waals surface area (Å²) in [6.45, 7) is 1.80. The average molecular weight is 241 g/mol. The summed E-state index contributed by atoms with van der Waals surface area (Å²) in [5, 5.41) is 8.73. The van der Waals surface area contributed by atoms with Crippen molar-refractivity contribution in [1.82, 2.24) is 9.66 Å². The van der Waals surface area contributed by atoms with E-state index in [9.17, 15) is 14.4 Å². The lowest BCUT2D eigenvalue weighted by molar-refractivity contribution is -0.145. The molecule has 92 valence electrons. The highest BCUT2D eigenvalue weighted by Crippen LogP contribution is 1.97. The molecule has 1 heterocycles. The lowest BCUT2D eigenvalue weighted by Crippen LogP contribution is -2.27. The molecule has 0 bridgehead atoms. The number of amides is 1. The normalized spacial score (nSPS) is 9.71. The minimum absolute atomic E-state index is 0.178. The van der Waals surface area contributed by atoms with Gasteiger partial charge in [0.2, 0.25) is 5.91 Å². The van der Waals surface area contributed by atoms with Crippen molar-refractivity contribution in [1.29, 1.82) is 0 Å². The lowest BCUT2D eigenvalue weighted by Gasteiger charge is -2.06. The van der Waals surface area contributed by atoms with Gasteiger partial charge in [0.15, 0.2) is 5.69 Å². The third-order valence-electron chi connectivity index (χ3n) is 1.71. The van der Waals surface area contributed by atoms with E-state index in [4.69, 9.17) is 5.11 Å². The van der Waals surface area contributed by atoms with Crippen molar-refractivity contribution in [2.75, 3.05) is 12.0 Å². The van der Waals surface area contributed by atoms with Crippen LogP contribution in [0.5, 0.6) is 0 Å². The van der Waals surface area contributed by atoms with Gasteiger partial charge in [-0.3, -0.25) is 15.0 Å². The number of carbonyl (C=O) groups excluding carboxylic acids is 2. The van der Waals surface area contributed by atoms with Crippen LogP contribution in [0.25, 0.3) is 0 Å². The summed E-state index contributed by atoms with van der Waals surface area (Å²) in [6.07, 6.45) is 1.71. The van der Waals surface area contributed by atoms with Crippen LogP contribution >= 0.6 is 0 Å². The standard InChI is InChI=1S/C9H11N3O5/c1-2-17-8(14)3-7(13)11-12-5-10-4-6(12)9(15)16/h4-5H,2-3H2,1H3,(H,11,13)(H,15,16). The third kappa shape index (κ3) is 3.59. The molecule has 1 aromatic rings. The molecule has 2 N–H and O–H groups in total. The van der Waals surface area contributed by atoms with Crippen molar-refractivity contribution in [2.24, 2.45) is 0 Å². The molecule has 0 aliphatic heterocycles. The van der Waals surface area contributed by atoms with Gasteiger partial charge < -0.3 is 9.84 Å². The molecule has 0 saturated carbocycles. The maximum atomic E-state index is 11.3. The van der Waals surface area contributed by atoms with E-state index in [1.165, 1.54) is 0 Å². The van der Waals surface area contributed by atoms with Gasteiger partial charge in [0.1, 0.15) is 12.7 Å². The van der Waals surface area contributed by atoms with E-state index in [1.807, 2.05) is 0 Å². The van der Waals surface area contributed by atoms with E-state index >= 15 is 0 Å². The zero-order valence-corrected chi connectivity index (χ0v) is 9.04. The predicted molar refractivity (Wildman–Crippen MR) is 54.8 cm³/mol. The number of ether oxygens (including phenoxy) is 1. The topological polar surface area (TPSA) is 111 Å². The Morgan fingerprint density at radius 1 is 1.53 bits per heavy atom. The van der Waals surface area contributed by atoms with Gasteiger partial charge in [0.05, 0.1) is 12.8 Å². The number of rotatable bonds is 5. The van der Waals surface area contributed by atoms with Crippen molar-refractivity contribution >= 4 is 17.8 Å². The van der Waals surface area contributed by atoms with Crippen LogP contribution in [0.3, 0.4) is 0 Å². The lowest BCUT2D eigenvalue weighted by atomic mass is 10.4. The second-order valence-electron chi connectivity index (χ2n) is 2.97. The van der Waals surface area contributed by atoms with Gasteiger partial charge in [-0.1, -0.05) is 0 Å². The van der Waals surface area contributed by atoms with E-state index in [1.54, 1.807) is 6.92 Å². The van der Waals surface area contributed by atoms with E-state index in [2.05, 4.69) is 15.1 Å². The number of nitrogens with one attached hydrogen (secondary N) is 1. The summed E-state index contributed by atoms with van der Waals surface area (Å²) in [4.78, 5) is 36.5. The largest absolute Gasteiger partial charge is 0.476 e. The molecule has 0 radical (unpaired) electrons. The van der Waals surface area contributed by atoms with Gasteiger partial charge in [-0.25, -0.2) is 14.5 Å². The number of carboxylic acids is 1. The van der Waals surface area contributed by atoms with Gasteiger partial charge in [-0.15, -0.1) is 0 Å². The molecule has 0 saturated heterocycles. The molecule has 0 aliphatic rings. The first-order valence-electron chi connectivity index (χ1n) is 4.75. The Morgan fingerprint density at radius 3 is 2.82 bits per heavy atom. The molecule has 1 aromatic heterocycles. The van der Waals surface area contributed by atoms with Gasteiger partial charge >= 0.3 is 11.9 Å². The monoisotopic (exact) mass is 241 g/mol. The summed E-state index contributed by atoms with van der Waals surface area (Å²) >= 11 is 0. The first-order chi connectivity index (χ1) is 8.04. The Bertz CT molecular complexity index is 440. The average Bonchev–Trinajstić information content (AvgIpc) is 2.65. The molecule has 0 aromatic carbocycles. The van der Waals surface area contributed by atoms with Crippen LogP contribution in [-0.4, -0.2) is 39.2 Å². The first kappa shape index (κ1) is 12.7. The van der Waals surface area contributed by atoms with Crippen LogP contribution in [-0.2, 0) is 14.3 Å². The van der Waals surface area contributed by atoms with Crippen molar-refractivity contribution < 1.29 is 24.2 Å². The van der Waals surface area contributed by atoms with Crippen molar-refractivity contribution in [3.8, 4) is 0 Å². The van der Waals surface area contributed by atoms with E-state index in [0.29, 0.717) is 0 Å². The number of carboxylic acid groups (broad SMARTS) is 1. The molecule has 0 spiro atoms. The minimum Gasteiger partial charge on any atom is -0.476 e. The van der Waals surface area contributed by atoms with Crippen LogP contribution in [0.2, 0.25) is 0 Å². The van der Waals surface area contributed by atoms with Gasteiger partial charge in [0, 0.05) is 0 Å². The maximum Gasteiger partial charge on any atom is 0.356 e. The second kappa shape index (κ2) is 5.64. The number of imidazole rings is 1. The van der Waals surface area contributed by atoms with Crippen molar-refractivity contribution in [3.63, 3.8) is 0 Å². The highest BCUT2D eigenvalue weighted by Gasteiger charge is 2.14. The van der Waals surface area contributed by atoms with E-state index in [-0.39, 0.29) is 12.3 Å². The van der Waals surface area contributed by atoms with Gasteiger partial charge in [-0.05, 0) is 6.92 Å². The first-order valence-corrected chi connectivity index (χ1v) is 4.75. The fourth-order valence-electron chi connectivity index (χ4n) is 1.06. The number of aromatic nitrogens is 2. The molecule has 0 unspecified atom stereocenters. The smallest absolute Gasteiger partial charge is 0.356 e.